The lowest BCUT2D eigenvalue weighted by molar-refractivity contribution is 0.0398. The number of hydrogen-bond donors (Lipinski definition) is 2. The molecule has 1 saturated carbocycles. The van der Waals surface area contributed by atoms with Crippen LogP contribution in [-0.4, -0.2) is 60.3 Å². The van der Waals surface area contributed by atoms with Crippen LogP contribution in [0.25, 0.3) is 0 Å². The smallest absolute Gasteiger partial charge is 0.132 e. The van der Waals surface area contributed by atoms with E-state index in [1.807, 2.05) is 13.0 Å². The van der Waals surface area contributed by atoms with Gasteiger partial charge in [-0.15, -0.1) is 0 Å². The number of rotatable bonds is 6. The molecule has 2 heterocycles. The van der Waals surface area contributed by atoms with Crippen LogP contribution in [0.5, 0.6) is 0 Å². The minimum absolute atomic E-state index is 0.579. The van der Waals surface area contributed by atoms with Crippen LogP contribution >= 0.6 is 0 Å². The Kier molecular flexibility index (Phi) is 5.45. The molecule has 122 valence electrons. The maximum atomic E-state index is 5.37. The summed E-state index contributed by atoms with van der Waals surface area (Å²) in [5, 5.41) is 6.97. The van der Waals surface area contributed by atoms with Crippen molar-refractivity contribution in [1.82, 2.24) is 14.9 Å². The summed E-state index contributed by atoms with van der Waals surface area (Å²) >= 11 is 0. The molecule has 0 bridgehead atoms. The second-order valence-corrected chi connectivity index (χ2v) is 6.19. The first-order valence-corrected chi connectivity index (χ1v) is 8.46. The summed E-state index contributed by atoms with van der Waals surface area (Å²) < 4.78 is 5.37. The zero-order chi connectivity index (χ0) is 15.2. The van der Waals surface area contributed by atoms with Crippen LogP contribution in [0.4, 0.5) is 11.6 Å². The molecular weight excluding hydrogens is 278 g/mol. The highest BCUT2D eigenvalue weighted by Gasteiger charge is 2.15. The molecule has 22 heavy (non-hydrogen) atoms. The van der Waals surface area contributed by atoms with Crippen molar-refractivity contribution in [2.24, 2.45) is 0 Å². The Labute approximate surface area is 132 Å². The first-order chi connectivity index (χ1) is 10.8. The highest BCUT2D eigenvalue weighted by atomic mass is 16.5. The predicted molar refractivity (Wildman–Crippen MR) is 88.4 cm³/mol. The average Bonchev–Trinajstić information content (AvgIpc) is 3.01. The summed E-state index contributed by atoms with van der Waals surface area (Å²) in [5.41, 5.74) is 0. The maximum Gasteiger partial charge on any atom is 0.132 e. The molecule has 0 amide bonds. The van der Waals surface area contributed by atoms with Gasteiger partial charge in [-0.1, -0.05) is 12.8 Å². The largest absolute Gasteiger partial charge is 0.379 e. The number of morpholine rings is 1. The van der Waals surface area contributed by atoms with Gasteiger partial charge in [0.2, 0.25) is 0 Å². The van der Waals surface area contributed by atoms with Gasteiger partial charge in [-0.25, -0.2) is 9.97 Å². The van der Waals surface area contributed by atoms with E-state index in [1.54, 1.807) is 0 Å². The Bertz CT molecular complexity index is 470. The molecule has 3 rings (SSSR count). The Morgan fingerprint density at radius 1 is 1.18 bits per heavy atom. The lowest BCUT2D eigenvalue weighted by atomic mass is 10.2. The van der Waals surface area contributed by atoms with Crippen molar-refractivity contribution in [2.45, 2.75) is 38.6 Å². The van der Waals surface area contributed by atoms with E-state index in [1.165, 1.54) is 25.7 Å². The standard InChI is InChI=1S/C16H27N5O/c1-13-18-15(17-6-7-21-8-10-22-11-9-21)12-16(19-13)20-14-4-2-3-5-14/h12,14H,2-11H2,1H3,(H2,17,18,19,20). The van der Waals surface area contributed by atoms with E-state index in [0.717, 1.165) is 56.9 Å². The van der Waals surface area contributed by atoms with Gasteiger partial charge in [-0.05, 0) is 19.8 Å². The molecule has 1 aliphatic carbocycles. The second kappa shape index (κ2) is 7.74. The van der Waals surface area contributed by atoms with Crippen LogP contribution in [0, 0.1) is 6.92 Å². The van der Waals surface area contributed by atoms with E-state index < -0.39 is 0 Å². The molecule has 2 aliphatic rings. The summed E-state index contributed by atoms with van der Waals surface area (Å²) in [6.45, 7) is 7.63. The minimum atomic E-state index is 0.579. The van der Waals surface area contributed by atoms with Gasteiger partial charge in [-0.3, -0.25) is 4.90 Å². The normalized spacial score (nSPS) is 20.2. The summed E-state index contributed by atoms with van der Waals surface area (Å²) in [6.07, 6.45) is 5.16. The van der Waals surface area contributed by atoms with Crippen molar-refractivity contribution < 1.29 is 4.74 Å². The van der Waals surface area contributed by atoms with Gasteiger partial charge < -0.3 is 15.4 Å². The average molecular weight is 305 g/mol. The molecule has 0 atom stereocenters. The molecular formula is C16H27N5O. The van der Waals surface area contributed by atoms with E-state index in [0.29, 0.717) is 6.04 Å². The molecule has 0 spiro atoms. The van der Waals surface area contributed by atoms with E-state index in [2.05, 4.69) is 25.5 Å². The maximum absolute atomic E-state index is 5.37. The van der Waals surface area contributed by atoms with Crippen LogP contribution in [0.15, 0.2) is 6.07 Å². The van der Waals surface area contributed by atoms with Crippen molar-refractivity contribution in [2.75, 3.05) is 50.0 Å². The van der Waals surface area contributed by atoms with E-state index in [-0.39, 0.29) is 0 Å². The van der Waals surface area contributed by atoms with E-state index >= 15 is 0 Å². The molecule has 2 N–H and O–H groups in total. The third-order valence-electron chi connectivity index (χ3n) is 4.38. The molecule has 2 fully saturated rings. The Balaban J connectivity index is 1.50. The van der Waals surface area contributed by atoms with Crippen molar-refractivity contribution in [3.05, 3.63) is 11.9 Å². The van der Waals surface area contributed by atoms with Crippen LogP contribution in [0.1, 0.15) is 31.5 Å². The molecule has 0 unspecified atom stereocenters. The van der Waals surface area contributed by atoms with Gasteiger partial charge in [0.05, 0.1) is 13.2 Å². The van der Waals surface area contributed by atoms with Gasteiger partial charge in [0.1, 0.15) is 17.5 Å². The number of nitrogens with one attached hydrogen (secondary N) is 2. The molecule has 1 aliphatic heterocycles. The predicted octanol–water partition coefficient (Wildman–Crippen LogP) is 1.88. The minimum Gasteiger partial charge on any atom is -0.379 e. The molecule has 0 aromatic carbocycles. The molecule has 0 radical (unpaired) electrons. The summed E-state index contributed by atoms with van der Waals surface area (Å²) in [7, 11) is 0. The number of anilines is 2. The highest BCUT2D eigenvalue weighted by Crippen LogP contribution is 2.22. The molecule has 1 aromatic heterocycles. The van der Waals surface area contributed by atoms with Crippen molar-refractivity contribution in [3.63, 3.8) is 0 Å². The summed E-state index contributed by atoms with van der Waals surface area (Å²) in [6, 6.07) is 2.61. The number of aromatic nitrogens is 2. The summed E-state index contributed by atoms with van der Waals surface area (Å²) in [5.74, 6) is 2.69. The monoisotopic (exact) mass is 305 g/mol. The molecule has 6 heteroatoms. The second-order valence-electron chi connectivity index (χ2n) is 6.19. The number of hydrogen-bond acceptors (Lipinski definition) is 6. The SMILES string of the molecule is Cc1nc(NCCN2CCOCC2)cc(NC2CCCC2)n1. The fourth-order valence-corrected chi connectivity index (χ4v) is 3.18. The lowest BCUT2D eigenvalue weighted by Gasteiger charge is -2.26. The van der Waals surface area contributed by atoms with Crippen molar-refractivity contribution >= 4 is 11.6 Å². The van der Waals surface area contributed by atoms with Gasteiger partial charge in [-0.2, -0.15) is 0 Å². The molecule has 6 nitrogen and oxygen atoms in total. The van der Waals surface area contributed by atoms with E-state index in [4.69, 9.17) is 4.74 Å². The van der Waals surface area contributed by atoms with Crippen LogP contribution in [0.2, 0.25) is 0 Å². The molecule has 1 saturated heterocycles. The third-order valence-corrected chi connectivity index (χ3v) is 4.38. The first kappa shape index (κ1) is 15.5. The highest BCUT2D eigenvalue weighted by molar-refractivity contribution is 5.48. The zero-order valence-corrected chi connectivity index (χ0v) is 13.5. The first-order valence-electron chi connectivity index (χ1n) is 8.46. The van der Waals surface area contributed by atoms with Crippen LogP contribution < -0.4 is 10.6 Å². The van der Waals surface area contributed by atoms with Gasteiger partial charge in [0.15, 0.2) is 0 Å². The molecule has 1 aromatic rings. The quantitative estimate of drug-likeness (QED) is 0.837. The van der Waals surface area contributed by atoms with Gasteiger partial charge in [0, 0.05) is 38.3 Å². The van der Waals surface area contributed by atoms with Crippen LogP contribution in [0.3, 0.4) is 0 Å². The number of ether oxygens (including phenoxy) is 1. The fraction of sp³-hybridized carbons (Fsp3) is 0.750. The topological polar surface area (TPSA) is 62.3 Å². The van der Waals surface area contributed by atoms with Crippen molar-refractivity contribution in [3.8, 4) is 0 Å². The fourth-order valence-electron chi connectivity index (χ4n) is 3.18. The van der Waals surface area contributed by atoms with Crippen molar-refractivity contribution in [1.29, 1.82) is 0 Å². The van der Waals surface area contributed by atoms with Crippen LogP contribution in [-0.2, 0) is 4.74 Å². The van der Waals surface area contributed by atoms with Gasteiger partial charge >= 0.3 is 0 Å². The Hall–Kier alpha value is -1.40. The number of aryl methyl sites for hydroxylation is 1. The Morgan fingerprint density at radius 3 is 2.68 bits per heavy atom. The van der Waals surface area contributed by atoms with Gasteiger partial charge in [0.25, 0.3) is 0 Å². The lowest BCUT2D eigenvalue weighted by Crippen LogP contribution is -2.39. The van der Waals surface area contributed by atoms with E-state index in [9.17, 15) is 0 Å². The third kappa shape index (κ3) is 4.55. The zero-order valence-electron chi connectivity index (χ0n) is 13.5. The Morgan fingerprint density at radius 2 is 1.91 bits per heavy atom. The summed E-state index contributed by atoms with van der Waals surface area (Å²) in [4.78, 5) is 11.4. The number of nitrogens with zero attached hydrogens (tertiary/aromatic N) is 3.